The predicted molar refractivity (Wildman–Crippen MR) is 77.3 cm³/mol. The molecule has 0 heterocycles. The fourth-order valence-electron chi connectivity index (χ4n) is 4.90. The maximum absolute atomic E-state index is 13.1. The van der Waals surface area contributed by atoms with Gasteiger partial charge in [-0.1, -0.05) is 6.07 Å². The quantitative estimate of drug-likeness (QED) is 0.886. The Morgan fingerprint density at radius 3 is 2.38 bits per heavy atom. The van der Waals surface area contributed by atoms with Crippen LogP contribution in [0.3, 0.4) is 0 Å². The lowest BCUT2D eigenvalue weighted by molar-refractivity contribution is -0.0933. The molecular weight excluding hydrogens is 269 g/mol. The molecule has 4 fully saturated rings. The minimum absolute atomic E-state index is 0.0614. The fraction of sp³-hybridized carbons (Fsp3) is 0.588. The van der Waals surface area contributed by atoms with E-state index in [1.807, 2.05) is 0 Å². The van der Waals surface area contributed by atoms with E-state index < -0.39 is 6.09 Å². The Bertz CT molecular complexity index is 531. The summed E-state index contributed by atoms with van der Waals surface area (Å²) in [4.78, 5) is 12.1. The normalized spacial score (nSPS) is 36.5. The van der Waals surface area contributed by atoms with Crippen LogP contribution in [0, 0.1) is 29.5 Å². The number of anilines is 1. The molecule has 0 saturated heterocycles. The largest absolute Gasteiger partial charge is 0.445 e. The van der Waals surface area contributed by atoms with Crippen molar-refractivity contribution in [2.75, 3.05) is 5.32 Å². The van der Waals surface area contributed by atoms with Gasteiger partial charge in [-0.2, -0.15) is 0 Å². The minimum atomic E-state index is -0.446. The average molecular weight is 289 g/mol. The van der Waals surface area contributed by atoms with Gasteiger partial charge < -0.3 is 4.74 Å². The van der Waals surface area contributed by atoms with Crippen molar-refractivity contribution in [3.63, 3.8) is 0 Å². The molecule has 0 spiro atoms. The molecule has 0 aromatic heterocycles. The first kappa shape index (κ1) is 13.1. The van der Waals surface area contributed by atoms with Gasteiger partial charge in [-0.3, -0.25) is 5.32 Å². The zero-order valence-electron chi connectivity index (χ0n) is 11.9. The highest BCUT2D eigenvalue weighted by Crippen LogP contribution is 2.54. The molecule has 0 aliphatic heterocycles. The lowest BCUT2D eigenvalue weighted by atomic mass is 9.55. The topological polar surface area (TPSA) is 38.3 Å². The van der Waals surface area contributed by atoms with Gasteiger partial charge in [0.15, 0.2) is 0 Å². The summed E-state index contributed by atoms with van der Waals surface area (Å²) < 4.78 is 18.8. The van der Waals surface area contributed by atoms with Gasteiger partial charge in [0.05, 0.1) is 0 Å². The van der Waals surface area contributed by atoms with Crippen LogP contribution in [0.25, 0.3) is 0 Å². The summed E-state index contributed by atoms with van der Waals surface area (Å²) in [7, 11) is 0. The lowest BCUT2D eigenvalue weighted by Crippen LogP contribution is -2.50. The second-order valence-electron chi connectivity index (χ2n) is 6.94. The van der Waals surface area contributed by atoms with Crippen molar-refractivity contribution in [1.82, 2.24) is 0 Å². The number of amides is 1. The number of halogens is 1. The van der Waals surface area contributed by atoms with Crippen LogP contribution < -0.4 is 5.32 Å². The number of hydrogen-bond acceptors (Lipinski definition) is 2. The van der Waals surface area contributed by atoms with E-state index in [0.717, 1.165) is 11.8 Å². The Hall–Kier alpha value is -1.58. The first-order valence-corrected chi connectivity index (χ1v) is 7.90. The number of hydrogen-bond donors (Lipinski definition) is 1. The average Bonchev–Trinajstić information content (AvgIpc) is 2.42. The summed E-state index contributed by atoms with van der Waals surface area (Å²) >= 11 is 0. The molecule has 0 unspecified atom stereocenters. The fourth-order valence-corrected chi connectivity index (χ4v) is 4.90. The standard InChI is InChI=1S/C17H20FNO2/c18-14-2-1-3-15(9-14)19-17(20)21-16-12-5-10-4-11(7-12)8-13(16)6-10/h1-3,9-13,16H,4-8H2,(H,19,20). The van der Waals surface area contributed by atoms with E-state index >= 15 is 0 Å². The Balaban J connectivity index is 1.41. The van der Waals surface area contributed by atoms with Crippen molar-refractivity contribution in [2.24, 2.45) is 23.7 Å². The molecule has 1 aromatic carbocycles. The van der Waals surface area contributed by atoms with Crippen LogP contribution in [-0.4, -0.2) is 12.2 Å². The van der Waals surface area contributed by atoms with Crippen LogP contribution in [0.1, 0.15) is 32.1 Å². The van der Waals surface area contributed by atoms with E-state index in [1.165, 1.54) is 44.2 Å². The van der Waals surface area contributed by atoms with Crippen molar-refractivity contribution in [2.45, 2.75) is 38.2 Å². The second kappa shape index (κ2) is 5.00. The van der Waals surface area contributed by atoms with Crippen molar-refractivity contribution in [1.29, 1.82) is 0 Å². The molecule has 1 N–H and O–H groups in total. The monoisotopic (exact) mass is 289 g/mol. The summed E-state index contributed by atoms with van der Waals surface area (Å²) in [6.07, 6.45) is 5.85. The van der Waals surface area contributed by atoms with E-state index in [2.05, 4.69) is 5.32 Å². The molecule has 21 heavy (non-hydrogen) atoms. The highest BCUT2D eigenvalue weighted by atomic mass is 19.1. The molecule has 1 amide bonds. The van der Waals surface area contributed by atoms with Gasteiger partial charge in [-0.05, 0) is 74.0 Å². The van der Waals surface area contributed by atoms with Crippen molar-refractivity contribution < 1.29 is 13.9 Å². The molecule has 0 radical (unpaired) electrons. The third-order valence-electron chi connectivity index (χ3n) is 5.45. The molecule has 3 nitrogen and oxygen atoms in total. The van der Waals surface area contributed by atoms with Crippen LogP contribution in [0.5, 0.6) is 0 Å². The summed E-state index contributed by atoms with van der Waals surface area (Å²) in [5, 5.41) is 2.64. The van der Waals surface area contributed by atoms with E-state index in [1.54, 1.807) is 12.1 Å². The third-order valence-corrected chi connectivity index (χ3v) is 5.45. The first-order valence-electron chi connectivity index (χ1n) is 7.90. The van der Waals surface area contributed by atoms with Crippen molar-refractivity contribution in [3.05, 3.63) is 30.1 Å². The van der Waals surface area contributed by atoms with Gasteiger partial charge in [0, 0.05) is 5.69 Å². The SMILES string of the molecule is O=C(Nc1cccc(F)c1)OC1C2CC3CC(C2)CC1C3. The number of benzene rings is 1. The van der Waals surface area contributed by atoms with Crippen LogP contribution in [-0.2, 0) is 4.74 Å². The number of carbonyl (C=O) groups is 1. The zero-order chi connectivity index (χ0) is 14.4. The van der Waals surface area contributed by atoms with Gasteiger partial charge in [0.25, 0.3) is 0 Å². The summed E-state index contributed by atoms with van der Waals surface area (Å²) in [6, 6.07) is 5.90. The third kappa shape index (κ3) is 2.52. The molecule has 112 valence electrons. The minimum Gasteiger partial charge on any atom is -0.445 e. The molecule has 5 rings (SSSR count). The van der Waals surface area contributed by atoms with E-state index in [4.69, 9.17) is 4.74 Å². The van der Waals surface area contributed by atoms with Crippen LogP contribution in [0.15, 0.2) is 24.3 Å². The summed E-state index contributed by atoms with van der Waals surface area (Å²) in [6.45, 7) is 0. The number of rotatable bonds is 2. The molecule has 0 atom stereocenters. The number of nitrogens with one attached hydrogen (secondary N) is 1. The highest BCUT2D eigenvalue weighted by molar-refractivity contribution is 5.84. The van der Waals surface area contributed by atoms with Crippen LogP contribution in [0.4, 0.5) is 14.9 Å². The van der Waals surface area contributed by atoms with Gasteiger partial charge >= 0.3 is 6.09 Å². The molecule has 4 aliphatic rings. The number of ether oxygens (including phenoxy) is 1. The molecule has 4 aliphatic carbocycles. The maximum atomic E-state index is 13.1. The van der Waals surface area contributed by atoms with E-state index in [-0.39, 0.29) is 11.9 Å². The van der Waals surface area contributed by atoms with Crippen LogP contribution in [0.2, 0.25) is 0 Å². The van der Waals surface area contributed by atoms with E-state index in [9.17, 15) is 9.18 Å². The van der Waals surface area contributed by atoms with Crippen molar-refractivity contribution >= 4 is 11.8 Å². The summed E-state index contributed by atoms with van der Waals surface area (Å²) in [5.74, 6) is 2.44. The van der Waals surface area contributed by atoms with Gasteiger partial charge in [-0.25, -0.2) is 9.18 Å². The van der Waals surface area contributed by atoms with Gasteiger partial charge in [0.1, 0.15) is 11.9 Å². The Morgan fingerprint density at radius 1 is 1.10 bits per heavy atom. The lowest BCUT2D eigenvalue weighted by Gasteiger charge is -2.53. The predicted octanol–water partition coefficient (Wildman–Crippen LogP) is 4.20. The number of carbonyl (C=O) groups excluding carboxylic acids is 1. The molecule has 1 aromatic rings. The zero-order valence-corrected chi connectivity index (χ0v) is 11.9. The van der Waals surface area contributed by atoms with E-state index in [0.29, 0.717) is 17.5 Å². The molecule has 4 heteroatoms. The Morgan fingerprint density at radius 2 is 1.76 bits per heavy atom. The summed E-state index contributed by atoms with van der Waals surface area (Å²) in [5.41, 5.74) is 0.448. The van der Waals surface area contributed by atoms with Gasteiger partial charge in [-0.15, -0.1) is 0 Å². The first-order chi connectivity index (χ1) is 10.2. The van der Waals surface area contributed by atoms with Crippen LogP contribution >= 0.6 is 0 Å². The van der Waals surface area contributed by atoms with Crippen molar-refractivity contribution in [3.8, 4) is 0 Å². The highest BCUT2D eigenvalue weighted by Gasteiger charge is 2.49. The smallest absolute Gasteiger partial charge is 0.411 e. The Labute approximate surface area is 123 Å². The Kier molecular flexibility index (Phi) is 3.12. The molecule has 4 saturated carbocycles. The molecule has 4 bridgehead atoms. The van der Waals surface area contributed by atoms with Gasteiger partial charge in [0.2, 0.25) is 0 Å². The second-order valence-corrected chi connectivity index (χ2v) is 6.94. The maximum Gasteiger partial charge on any atom is 0.411 e. The molecular formula is C17H20FNO2.